The van der Waals surface area contributed by atoms with E-state index in [1.54, 1.807) is 6.08 Å². The zero-order valence-electron chi connectivity index (χ0n) is 5.80. The number of halogens is 3. The highest BCUT2D eigenvalue weighted by Gasteiger charge is 2.43. The lowest BCUT2D eigenvalue weighted by Crippen LogP contribution is -2.34. The van der Waals surface area contributed by atoms with Crippen LogP contribution in [0.25, 0.3) is 0 Å². The third-order valence-corrected chi connectivity index (χ3v) is 1.81. The molecule has 1 rings (SSSR count). The molecular weight excluding hydrogens is 157 g/mol. The van der Waals surface area contributed by atoms with Crippen molar-refractivity contribution in [2.45, 2.75) is 25.1 Å². The number of allylic oxidation sites excluding steroid dienone is 1. The van der Waals surface area contributed by atoms with Crippen molar-refractivity contribution in [3.63, 3.8) is 0 Å². The van der Waals surface area contributed by atoms with Gasteiger partial charge in [0.05, 0.1) is 12.0 Å². The highest BCUT2D eigenvalue weighted by atomic mass is 19.4. The Morgan fingerprint density at radius 1 is 1.36 bits per heavy atom. The van der Waals surface area contributed by atoms with Gasteiger partial charge in [-0.25, -0.2) is 0 Å². The molecule has 64 valence electrons. The Labute approximate surface area is 62.5 Å². The van der Waals surface area contributed by atoms with E-state index in [-0.39, 0.29) is 6.42 Å². The summed E-state index contributed by atoms with van der Waals surface area (Å²) in [5, 5.41) is 8.90. The second-order valence-electron chi connectivity index (χ2n) is 2.64. The van der Waals surface area contributed by atoms with Crippen molar-refractivity contribution in [2.24, 2.45) is 5.92 Å². The normalized spacial score (nSPS) is 32.4. The molecule has 0 aromatic rings. The minimum Gasteiger partial charge on any atom is -0.388 e. The molecule has 0 spiro atoms. The third-order valence-electron chi connectivity index (χ3n) is 1.81. The molecule has 0 radical (unpaired) electrons. The first-order valence-corrected chi connectivity index (χ1v) is 3.43. The van der Waals surface area contributed by atoms with Gasteiger partial charge in [-0.15, -0.1) is 0 Å². The summed E-state index contributed by atoms with van der Waals surface area (Å²) in [5.74, 6) is -1.56. The molecule has 0 aliphatic heterocycles. The Bertz CT molecular complexity index is 162. The first-order chi connectivity index (χ1) is 5.02. The third kappa shape index (κ3) is 1.96. The van der Waals surface area contributed by atoms with Gasteiger partial charge in [0.15, 0.2) is 0 Å². The SMILES string of the molecule is OC1C=CCCC1C(F)(F)F. The van der Waals surface area contributed by atoms with Gasteiger partial charge in [-0.3, -0.25) is 0 Å². The van der Waals surface area contributed by atoms with Crippen molar-refractivity contribution in [1.29, 1.82) is 0 Å². The van der Waals surface area contributed by atoms with Crippen molar-refractivity contribution in [1.82, 2.24) is 0 Å². The molecule has 0 aromatic heterocycles. The zero-order chi connectivity index (χ0) is 8.48. The van der Waals surface area contributed by atoms with Gasteiger partial charge in [0.2, 0.25) is 0 Å². The van der Waals surface area contributed by atoms with Crippen molar-refractivity contribution in [2.75, 3.05) is 0 Å². The minimum atomic E-state index is -4.26. The minimum absolute atomic E-state index is 0.00116. The molecule has 2 atom stereocenters. The van der Waals surface area contributed by atoms with Crippen LogP contribution in [0, 0.1) is 5.92 Å². The summed E-state index contributed by atoms with van der Waals surface area (Å²) in [7, 11) is 0. The van der Waals surface area contributed by atoms with Gasteiger partial charge in [-0.1, -0.05) is 12.2 Å². The van der Waals surface area contributed by atoms with Crippen molar-refractivity contribution < 1.29 is 18.3 Å². The first kappa shape index (κ1) is 8.59. The predicted molar refractivity (Wildman–Crippen MR) is 33.9 cm³/mol. The summed E-state index contributed by atoms with van der Waals surface area (Å²) in [6.45, 7) is 0. The average Bonchev–Trinajstić information content (AvgIpc) is 1.86. The average molecular weight is 166 g/mol. The van der Waals surface area contributed by atoms with Gasteiger partial charge < -0.3 is 5.11 Å². The number of hydrogen-bond acceptors (Lipinski definition) is 1. The van der Waals surface area contributed by atoms with Crippen LogP contribution in [0.5, 0.6) is 0 Å². The Balaban J connectivity index is 2.65. The second-order valence-corrected chi connectivity index (χ2v) is 2.64. The smallest absolute Gasteiger partial charge is 0.388 e. The maximum atomic E-state index is 12.0. The Morgan fingerprint density at radius 3 is 2.36 bits per heavy atom. The molecule has 1 N–H and O–H groups in total. The van der Waals surface area contributed by atoms with Gasteiger partial charge >= 0.3 is 6.18 Å². The van der Waals surface area contributed by atoms with Crippen LogP contribution in [0.15, 0.2) is 12.2 Å². The molecule has 1 nitrogen and oxygen atoms in total. The number of aliphatic hydroxyl groups is 1. The standard InChI is InChI=1S/C7H9F3O/c8-7(9,10)5-3-1-2-4-6(5)11/h2,4-6,11H,1,3H2. The van der Waals surface area contributed by atoms with Crippen LogP contribution in [-0.4, -0.2) is 17.4 Å². The molecule has 0 bridgehead atoms. The molecule has 0 heterocycles. The number of alkyl halides is 3. The van der Waals surface area contributed by atoms with Gasteiger partial charge in [-0.05, 0) is 12.8 Å². The van der Waals surface area contributed by atoms with E-state index < -0.39 is 18.2 Å². The Morgan fingerprint density at radius 2 is 2.00 bits per heavy atom. The van der Waals surface area contributed by atoms with E-state index in [2.05, 4.69) is 0 Å². The van der Waals surface area contributed by atoms with E-state index in [9.17, 15) is 13.2 Å². The molecule has 4 heteroatoms. The van der Waals surface area contributed by atoms with E-state index in [0.29, 0.717) is 6.42 Å². The van der Waals surface area contributed by atoms with E-state index in [1.165, 1.54) is 6.08 Å². The molecular formula is C7H9F3O. The summed E-state index contributed by atoms with van der Waals surface area (Å²) in [6, 6.07) is 0. The van der Waals surface area contributed by atoms with Crippen LogP contribution in [0.4, 0.5) is 13.2 Å². The van der Waals surface area contributed by atoms with E-state index in [1.807, 2.05) is 0 Å². The van der Waals surface area contributed by atoms with Crippen molar-refractivity contribution in [3.05, 3.63) is 12.2 Å². The summed E-state index contributed by atoms with van der Waals surface area (Å²) >= 11 is 0. The Kier molecular flexibility index (Phi) is 2.23. The maximum Gasteiger partial charge on any atom is 0.394 e. The molecule has 1 aliphatic rings. The lowest BCUT2D eigenvalue weighted by Gasteiger charge is -2.25. The first-order valence-electron chi connectivity index (χ1n) is 3.43. The number of aliphatic hydroxyl groups excluding tert-OH is 1. The lowest BCUT2D eigenvalue weighted by molar-refractivity contribution is -0.196. The summed E-state index contributed by atoms with van der Waals surface area (Å²) in [4.78, 5) is 0. The summed E-state index contributed by atoms with van der Waals surface area (Å²) < 4.78 is 36.0. The molecule has 11 heavy (non-hydrogen) atoms. The van der Waals surface area contributed by atoms with Crippen LogP contribution >= 0.6 is 0 Å². The van der Waals surface area contributed by atoms with Gasteiger partial charge in [0, 0.05) is 0 Å². The zero-order valence-corrected chi connectivity index (χ0v) is 5.80. The summed E-state index contributed by atoms with van der Waals surface area (Å²) in [6.07, 6.45) is -2.41. The summed E-state index contributed by atoms with van der Waals surface area (Å²) in [5.41, 5.74) is 0. The highest BCUT2D eigenvalue weighted by molar-refractivity contribution is 4.99. The fourth-order valence-electron chi connectivity index (χ4n) is 1.17. The van der Waals surface area contributed by atoms with E-state index >= 15 is 0 Å². The van der Waals surface area contributed by atoms with Crippen molar-refractivity contribution >= 4 is 0 Å². The molecule has 0 saturated carbocycles. The van der Waals surface area contributed by atoms with Crippen LogP contribution in [0.1, 0.15) is 12.8 Å². The van der Waals surface area contributed by atoms with Gasteiger partial charge in [0.25, 0.3) is 0 Å². The monoisotopic (exact) mass is 166 g/mol. The van der Waals surface area contributed by atoms with Gasteiger partial charge in [-0.2, -0.15) is 13.2 Å². The van der Waals surface area contributed by atoms with E-state index in [0.717, 1.165) is 0 Å². The lowest BCUT2D eigenvalue weighted by atomic mass is 9.91. The van der Waals surface area contributed by atoms with Crippen LogP contribution in [0.3, 0.4) is 0 Å². The second kappa shape index (κ2) is 2.85. The molecule has 0 aromatic carbocycles. The topological polar surface area (TPSA) is 20.2 Å². The number of rotatable bonds is 0. The van der Waals surface area contributed by atoms with E-state index in [4.69, 9.17) is 5.11 Å². The highest BCUT2D eigenvalue weighted by Crippen LogP contribution is 2.34. The fourth-order valence-corrected chi connectivity index (χ4v) is 1.17. The Hall–Kier alpha value is -0.510. The maximum absolute atomic E-state index is 12.0. The van der Waals surface area contributed by atoms with Gasteiger partial charge in [0.1, 0.15) is 0 Å². The fraction of sp³-hybridized carbons (Fsp3) is 0.714. The predicted octanol–water partition coefficient (Wildman–Crippen LogP) is 1.88. The molecule has 2 unspecified atom stereocenters. The number of hydrogen-bond donors (Lipinski definition) is 1. The quantitative estimate of drug-likeness (QED) is 0.545. The molecule has 1 aliphatic carbocycles. The van der Waals surface area contributed by atoms with Crippen LogP contribution in [-0.2, 0) is 0 Å². The van der Waals surface area contributed by atoms with Crippen molar-refractivity contribution in [3.8, 4) is 0 Å². The molecule has 0 fully saturated rings. The largest absolute Gasteiger partial charge is 0.394 e. The van der Waals surface area contributed by atoms with Crippen LogP contribution in [0.2, 0.25) is 0 Å². The molecule has 0 saturated heterocycles. The van der Waals surface area contributed by atoms with Crippen LogP contribution < -0.4 is 0 Å². The molecule has 0 amide bonds.